The summed E-state index contributed by atoms with van der Waals surface area (Å²) in [5.74, 6) is -0.205. The van der Waals surface area contributed by atoms with Crippen LogP contribution in [-0.4, -0.2) is 4.57 Å². The van der Waals surface area contributed by atoms with Gasteiger partial charge >= 0.3 is 0 Å². The van der Waals surface area contributed by atoms with E-state index in [0.29, 0.717) is 6.54 Å². The minimum absolute atomic E-state index is 0.205. The second kappa shape index (κ2) is 4.18. The zero-order valence-corrected chi connectivity index (χ0v) is 9.81. The largest absolute Gasteiger partial charge is 0.399 e. The first kappa shape index (κ1) is 10.8. The van der Waals surface area contributed by atoms with E-state index >= 15 is 0 Å². The van der Waals surface area contributed by atoms with Gasteiger partial charge in [0.2, 0.25) is 0 Å². The lowest BCUT2D eigenvalue weighted by molar-refractivity contribution is 0.624. The summed E-state index contributed by atoms with van der Waals surface area (Å²) in [5, 5.41) is 1.14. The maximum atomic E-state index is 13.1. The fourth-order valence-corrected chi connectivity index (χ4v) is 2.17. The molecule has 2 nitrogen and oxygen atoms in total. The molecule has 0 saturated carbocycles. The third-order valence-electron chi connectivity index (χ3n) is 3.04. The first-order chi connectivity index (χ1) is 8.72. The van der Waals surface area contributed by atoms with E-state index in [0.717, 1.165) is 22.2 Å². The summed E-state index contributed by atoms with van der Waals surface area (Å²) in [6.07, 6.45) is 2.00. The van der Waals surface area contributed by atoms with Gasteiger partial charge < -0.3 is 10.3 Å². The molecule has 3 aromatic rings. The van der Waals surface area contributed by atoms with Gasteiger partial charge in [0.1, 0.15) is 5.82 Å². The number of nitrogen functional groups attached to an aromatic ring is 1. The molecule has 0 spiro atoms. The summed E-state index contributed by atoms with van der Waals surface area (Å²) in [4.78, 5) is 0. The monoisotopic (exact) mass is 240 g/mol. The molecule has 0 aliphatic rings. The number of halogens is 1. The Balaban J connectivity index is 2.02. The van der Waals surface area contributed by atoms with Crippen molar-refractivity contribution in [1.29, 1.82) is 0 Å². The molecule has 3 heteroatoms. The summed E-state index contributed by atoms with van der Waals surface area (Å²) in [6.45, 7) is 0.644. The van der Waals surface area contributed by atoms with Gasteiger partial charge in [0, 0.05) is 18.4 Å². The van der Waals surface area contributed by atoms with E-state index in [-0.39, 0.29) is 5.82 Å². The summed E-state index contributed by atoms with van der Waals surface area (Å²) < 4.78 is 15.2. The van der Waals surface area contributed by atoms with E-state index in [4.69, 9.17) is 5.73 Å². The van der Waals surface area contributed by atoms with Crippen molar-refractivity contribution < 1.29 is 4.39 Å². The molecule has 90 valence electrons. The van der Waals surface area contributed by atoms with Crippen LogP contribution in [0.5, 0.6) is 0 Å². The molecule has 0 unspecified atom stereocenters. The maximum Gasteiger partial charge on any atom is 0.123 e. The molecular weight excluding hydrogens is 227 g/mol. The number of nitrogens with two attached hydrogens (primary N) is 1. The molecule has 0 radical (unpaired) electrons. The van der Waals surface area contributed by atoms with Crippen LogP contribution in [0.3, 0.4) is 0 Å². The third-order valence-corrected chi connectivity index (χ3v) is 3.04. The highest BCUT2D eigenvalue weighted by Gasteiger charge is 2.03. The fourth-order valence-electron chi connectivity index (χ4n) is 2.17. The molecular formula is C15H13FN2. The normalized spacial score (nSPS) is 10.9. The lowest BCUT2D eigenvalue weighted by Gasteiger charge is -2.06. The van der Waals surface area contributed by atoms with Crippen molar-refractivity contribution in [1.82, 2.24) is 4.57 Å². The zero-order chi connectivity index (χ0) is 12.5. The smallest absolute Gasteiger partial charge is 0.123 e. The van der Waals surface area contributed by atoms with Gasteiger partial charge in [-0.2, -0.15) is 0 Å². The van der Waals surface area contributed by atoms with Crippen LogP contribution in [-0.2, 0) is 6.54 Å². The van der Waals surface area contributed by atoms with Crippen LogP contribution in [0.4, 0.5) is 10.1 Å². The molecule has 1 aromatic heterocycles. The van der Waals surface area contributed by atoms with Crippen molar-refractivity contribution in [2.24, 2.45) is 0 Å². The Labute approximate surface area is 104 Å². The van der Waals surface area contributed by atoms with Crippen LogP contribution in [0.1, 0.15) is 5.56 Å². The molecule has 18 heavy (non-hydrogen) atoms. The lowest BCUT2D eigenvalue weighted by Crippen LogP contribution is -1.98. The van der Waals surface area contributed by atoms with Gasteiger partial charge in [-0.25, -0.2) is 4.39 Å². The Kier molecular flexibility index (Phi) is 2.52. The standard InChI is InChI=1S/C15H13FN2/c16-13-3-1-2-11(8-13)10-18-7-6-12-4-5-14(17)9-15(12)18/h1-9H,10,17H2. The number of hydrogen-bond acceptors (Lipinski definition) is 1. The fraction of sp³-hybridized carbons (Fsp3) is 0.0667. The van der Waals surface area contributed by atoms with Crippen LogP contribution >= 0.6 is 0 Å². The second-order valence-corrected chi connectivity index (χ2v) is 4.39. The summed E-state index contributed by atoms with van der Waals surface area (Å²) in [7, 11) is 0. The number of anilines is 1. The number of fused-ring (bicyclic) bond motifs is 1. The van der Waals surface area contributed by atoms with Crippen molar-refractivity contribution in [2.45, 2.75) is 6.54 Å². The predicted octanol–water partition coefficient (Wildman–Crippen LogP) is 3.41. The predicted molar refractivity (Wildman–Crippen MR) is 71.9 cm³/mol. The first-order valence-electron chi connectivity index (χ1n) is 5.81. The molecule has 0 bridgehead atoms. The second-order valence-electron chi connectivity index (χ2n) is 4.39. The van der Waals surface area contributed by atoms with E-state index in [1.54, 1.807) is 12.1 Å². The average molecular weight is 240 g/mol. The molecule has 0 fully saturated rings. The van der Waals surface area contributed by atoms with Crippen LogP contribution in [0.15, 0.2) is 54.7 Å². The van der Waals surface area contributed by atoms with Crippen LogP contribution in [0.2, 0.25) is 0 Å². The Hall–Kier alpha value is -2.29. The van der Waals surface area contributed by atoms with Crippen molar-refractivity contribution in [3.63, 3.8) is 0 Å². The molecule has 1 heterocycles. The zero-order valence-electron chi connectivity index (χ0n) is 9.81. The molecule has 0 aliphatic carbocycles. The maximum absolute atomic E-state index is 13.1. The number of aromatic nitrogens is 1. The molecule has 2 aromatic carbocycles. The van der Waals surface area contributed by atoms with Gasteiger partial charge in [0.15, 0.2) is 0 Å². The van der Waals surface area contributed by atoms with Gasteiger partial charge in [-0.05, 0) is 41.3 Å². The van der Waals surface area contributed by atoms with Gasteiger partial charge in [-0.15, -0.1) is 0 Å². The number of benzene rings is 2. The van der Waals surface area contributed by atoms with E-state index in [1.165, 1.54) is 6.07 Å². The van der Waals surface area contributed by atoms with Crippen LogP contribution in [0.25, 0.3) is 10.9 Å². The number of nitrogens with zero attached hydrogens (tertiary/aromatic N) is 1. The van der Waals surface area contributed by atoms with E-state index < -0.39 is 0 Å². The third kappa shape index (κ3) is 1.95. The molecule has 0 aliphatic heterocycles. The highest BCUT2D eigenvalue weighted by molar-refractivity contribution is 5.83. The number of hydrogen-bond donors (Lipinski definition) is 1. The molecule has 0 saturated heterocycles. The summed E-state index contributed by atoms with van der Waals surface area (Å²) in [5.41, 5.74) is 8.54. The Morgan fingerprint density at radius 1 is 1.06 bits per heavy atom. The minimum Gasteiger partial charge on any atom is -0.399 e. The molecule has 2 N–H and O–H groups in total. The van der Waals surface area contributed by atoms with Crippen molar-refractivity contribution in [3.05, 3.63) is 66.1 Å². The van der Waals surface area contributed by atoms with Gasteiger partial charge in [0.05, 0.1) is 5.52 Å². The SMILES string of the molecule is Nc1ccc2ccn(Cc3cccc(F)c3)c2c1. The van der Waals surface area contributed by atoms with Crippen molar-refractivity contribution in [2.75, 3.05) is 5.73 Å². The van der Waals surface area contributed by atoms with Gasteiger partial charge in [0.25, 0.3) is 0 Å². The molecule has 0 amide bonds. The Morgan fingerprint density at radius 2 is 1.94 bits per heavy atom. The Morgan fingerprint density at radius 3 is 2.78 bits per heavy atom. The quantitative estimate of drug-likeness (QED) is 0.684. The van der Waals surface area contributed by atoms with Gasteiger partial charge in [-0.3, -0.25) is 0 Å². The van der Waals surface area contributed by atoms with E-state index in [9.17, 15) is 4.39 Å². The Bertz CT molecular complexity index is 701. The van der Waals surface area contributed by atoms with Crippen molar-refractivity contribution in [3.8, 4) is 0 Å². The molecule has 0 atom stereocenters. The average Bonchev–Trinajstić information content (AvgIpc) is 2.72. The molecule has 3 rings (SSSR count). The number of rotatable bonds is 2. The minimum atomic E-state index is -0.205. The van der Waals surface area contributed by atoms with Crippen molar-refractivity contribution >= 4 is 16.6 Å². The lowest BCUT2D eigenvalue weighted by atomic mass is 10.2. The first-order valence-corrected chi connectivity index (χ1v) is 5.81. The van der Waals surface area contributed by atoms with Crippen LogP contribution < -0.4 is 5.73 Å². The highest BCUT2D eigenvalue weighted by Crippen LogP contribution is 2.20. The summed E-state index contributed by atoms with van der Waals surface area (Å²) in [6, 6.07) is 14.5. The highest BCUT2D eigenvalue weighted by atomic mass is 19.1. The van der Waals surface area contributed by atoms with E-state index in [1.807, 2.05) is 36.5 Å². The van der Waals surface area contributed by atoms with Gasteiger partial charge in [-0.1, -0.05) is 18.2 Å². The van der Waals surface area contributed by atoms with Crippen LogP contribution in [0, 0.1) is 5.82 Å². The van der Waals surface area contributed by atoms with E-state index in [2.05, 4.69) is 4.57 Å². The summed E-state index contributed by atoms with van der Waals surface area (Å²) >= 11 is 0. The topological polar surface area (TPSA) is 30.9 Å².